The quantitative estimate of drug-likeness (QED) is 0.288. The van der Waals surface area contributed by atoms with Crippen molar-refractivity contribution in [1.29, 1.82) is 0 Å². The molecule has 3 rings (SSSR count). The Labute approximate surface area is 249 Å². The Kier molecular flexibility index (Phi) is 11.4. The number of amides is 2. The smallest absolute Gasteiger partial charge is 0.264 e. The summed E-state index contributed by atoms with van der Waals surface area (Å²) in [6.07, 6.45) is 0.356. The summed E-state index contributed by atoms with van der Waals surface area (Å²) in [6.45, 7) is 7.88. The largest absolute Gasteiger partial charge is 0.493 e. The van der Waals surface area contributed by atoms with Crippen molar-refractivity contribution in [3.63, 3.8) is 0 Å². The number of benzene rings is 3. The van der Waals surface area contributed by atoms with Crippen LogP contribution in [0.15, 0.2) is 77.7 Å². The van der Waals surface area contributed by atoms with Crippen LogP contribution < -0.4 is 19.1 Å². The van der Waals surface area contributed by atoms with Gasteiger partial charge in [0, 0.05) is 19.2 Å². The number of rotatable bonds is 14. The van der Waals surface area contributed by atoms with E-state index in [2.05, 4.69) is 5.32 Å². The van der Waals surface area contributed by atoms with Gasteiger partial charge in [-0.3, -0.25) is 13.9 Å². The second-order valence-electron chi connectivity index (χ2n) is 10.4. The van der Waals surface area contributed by atoms with E-state index in [4.69, 9.17) is 9.47 Å². The van der Waals surface area contributed by atoms with Crippen LogP contribution in [-0.4, -0.2) is 58.5 Å². The van der Waals surface area contributed by atoms with E-state index < -0.39 is 28.5 Å². The van der Waals surface area contributed by atoms with Crippen LogP contribution in [0.5, 0.6) is 11.5 Å². The lowest BCUT2D eigenvalue weighted by Crippen LogP contribution is -2.52. The summed E-state index contributed by atoms with van der Waals surface area (Å²) >= 11 is 0. The molecule has 0 aliphatic rings. The highest BCUT2D eigenvalue weighted by molar-refractivity contribution is 7.92. The molecule has 1 N–H and O–H groups in total. The van der Waals surface area contributed by atoms with E-state index in [1.807, 2.05) is 52.0 Å². The molecule has 10 heteroatoms. The molecule has 2 amide bonds. The van der Waals surface area contributed by atoms with E-state index in [0.29, 0.717) is 24.4 Å². The van der Waals surface area contributed by atoms with Crippen molar-refractivity contribution in [3.05, 3.63) is 83.9 Å². The van der Waals surface area contributed by atoms with E-state index >= 15 is 0 Å². The topological polar surface area (TPSA) is 105 Å². The van der Waals surface area contributed by atoms with Crippen molar-refractivity contribution >= 4 is 27.5 Å². The van der Waals surface area contributed by atoms with Crippen molar-refractivity contribution < 1.29 is 27.5 Å². The highest BCUT2D eigenvalue weighted by Gasteiger charge is 2.34. The average Bonchev–Trinajstić information content (AvgIpc) is 2.98. The molecular weight excluding hydrogens is 554 g/mol. The molecule has 42 heavy (non-hydrogen) atoms. The number of nitrogens with one attached hydrogen (secondary N) is 1. The van der Waals surface area contributed by atoms with Gasteiger partial charge in [0.2, 0.25) is 11.8 Å². The van der Waals surface area contributed by atoms with Gasteiger partial charge in [-0.25, -0.2) is 8.42 Å². The number of aryl methyl sites for hydroxylation is 1. The zero-order chi connectivity index (χ0) is 30.9. The molecule has 9 nitrogen and oxygen atoms in total. The Morgan fingerprint density at radius 2 is 1.60 bits per heavy atom. The Balaban J connectivity index is 2.06. The van der Waals surface area contributed by atoms with Gasteiger partial charge in [0.25, 0.3) is 10.0 Å². The van der Waals surface area contributed by atoms with E-state index in [1.54, 1.807) is 30.3 Å². The zero-order valence-electron chi connectivity index (χ0n) is 25.2. The first kappa shape index (κ1) is 32.5. The van der Waals surface area contributed by atoms with Crippen LogP contribution >= 0.6 is 0 Å². The first-order valence-corrected chi connectivity index (χ1v) is 15.4. The lowest BCUT2D eigenvalue weighted by atomic mass is 10.1. The van der Waals surface area contributed by atoms with E-state index in [9.17, 15) is 18.0 Å². The fourth-order valence-corrected chi connectivity index (χ4v) is 6.01. The lowest BCUT2D eigenvalue weighted by molar-refractivity contribution is -0.140. The number of hydrogen-bond donors (Lipinski definition) is 1. The first-order valence-electron chi connectivity index (χ1n) is 13.9. The number of hydrogen-bond acceptors (Lipinski definition) is 6. The third-order valence-electron chi connectivity index (χ3n) is 6.77. The standard InChI is InChI=1S/C32H41N3O6S/c1-7-28(32(37)33-20-23(2)3)34(21-25-13-11-12-24(4)18-25)31(36)22-35(26-14-9-8-10-15-26)42(38,39)27-16-17-29(40-5)30(19-27)41-6/h8-19,23,28H,7,20-22H2,1-6H3,(H,33,37). The van der Waals surface area contributed by atoms with Crippen LogP contribution in [0, 0.1) is 12.8 Å². The van der Waals surface area contributed by atoms with E-state index in [-0.39, 0.29) is 29.0 Å². The van der Waals surface area contributed by atoms with Crippen molar-refractivity contribution in [2.45, 2.75) is 51.6 Å². The van der Waals surface area contributed by atoms with Gasteiger partial charge in [-0.05, 0) is 49.1 Å². The van der Waals surface area contributed by atoms with Gasteiger partial charge in [0.15, 0.2) is 11.5 Å². The maximum absolute atomic E-state index is 14.2. The number of nitrogens with zero attached hydrogens (tertiary/aromatic N) is 2. The normalized spacial score (nSPS) is 12.0. The molecule has 1 unspecified atom stereocenters. The van der Waals surface area contributed by atoms with Crippen molar-refractivity contribution in [1.82, 2.24) is 10.2 Å². The number of para-hydroxylation sites is 1. The predicted octanol–water partition coefficient (Wildman–Crippen LogP) is 4.79. The van der Waals surface area contributed by atoms with Crippen LogP contribution in [0.25, 0.3) is 0 Å². The van der Waals surface area contributed by atoms with Gasteiger partial charge in [-0.1, -0.05) is 68.8 Å². The van der Waals surface area contributed by atoms with Crippen molar-refractivity contribution in [2.24, 2.45) is 5.92 Å². The van der Waals surface area contributed by atoms with Crippen LogP contribution in [0.1, 0.15) is 38.3 Å². The number of anilines is 1. The number of carbonyl (C=O) groups is 2. The summed E-state index contributed by atoms with van der Waals surface area (Å²) in [5, 5.41) is 2.94. The first-order chi connectivity index (χ1) is 20.0. The maximum Gasteiger partial charge on any atom is 0.264 e. The molecule has 0 spiro atoms. The third-order valence-corrected chi connectivity index (χ3v) is 8.54. The van der Waals surface area contributed by atoms with Gasteiger partial charge in [-0.15, -0.1) is 0 Å². The SMILES string of the molecule is CCC(C(=O)NCC(C)C)N(Cc1cccc(C)c1)C(=O)CN(c1ccccc1)S(=O)(=O)c1ccc(OC)c(OC)c1. The molecule has 0 fully saturated rings. The molecule has 0 aliphatic heterocycles. The fourth-order valence-electron chi connectivity index (χ4n) is 4.58. The van der Waals surface area contributed by atoms with Crippen LogP contribution in [-0.2, 0) is 26.2 Å². The Morgan fingerprint density at radius 1 is 0.905 bits per heavy atom. The monoisotopic (exact) mass is 595 g/mol. The highest BCUT2D eigenvalue weighted by atomic mass is 32.2. The second kappa shape index (κ2) is 14.7. The van der Waals surface area contributed by atoms with Gasteiger partial charge in [0.05, 0.1) is 24.8 Å². The van der Waals surface area contributed by atoms with E-state index in [0.717, 1.165) is 15.4 Å². The molecule has 0 heterocycles. The van der Waals surface area contributed by atoms with Gasteiger partial charge in [0.1, 0.15) is 12.6 Å². The van der Waals surface area contributed by atoms with Crippen molar-refractivity contribution in [3.8, 4) is 11.5 Å². The zero-order valence-corrected chi connectivity index (χ0v) is 26.0. The van der Waals surface area contributed by atoms with Crippen LogP contribution in [0.2, 0.25) is 0 Å². The summed E-state index contributed by atoms with van der Waals surface area (Å²) in [7, 11) is -1.36. The molecule has 0 bridgehead atoms. The minimum atomic E-state index is -4.24. The lowest BCUT2D eigenvalue weighted by Gasteiger charge is -2.33. The minimum Gasteiger partial charge on any atom is -0.493 e. The maximum atomic E-state index is 14.2. The molecule has 0 saturated carbocycles. The summed E-state index contributed by atoms with van der Waals surface area (Å²) in [5.41, 5.74) is 2.17. The Morgan fingerprint density at radius 3 is 2.19 bits per heavy atom. The number of carbonyl (C=O) groups excluding carboxylic acids is 2. The summed E-state index contributed by atoms with van der Waals surface area (Å²) in [6, 6.07) is 19.6. The second-order valence-corrected chi connectivity index (χ2v) is 12.3. The van der Waals surface area contributed by atoms with Crippen molar-refractivity contribution in [2.75, 3.05) is 31.6 Å². The van der Waals surface area contributed by atoms with Gasteiger partial charge < -0.3 is 19.7 Å². The summed E-state index contributed by atoms with van der Waals surface area (Å²) in [4.78, 5) is 28.9. The number of methoxy groups -OCH3 is 2. The summed E-state index contributed by atoms with van der Waals surface area (Å²) in [5.74, 6) is 0.0675. The Hall–Kier alpha value is -4.05. The predicted molar refractivity (Wildman–Crippen MR) is 164 cm³/mol. The molecule has 0 aliphatic carbocycles. The number of sulfonamides is 1. The van der Waals surface area contributed by atoms with Gasteiger partial charge in [-0.2, -0.15) is 0 Å². The van der Waals surface area contributed by atoms with Gasteiger partial charge >= 0.3 is 0 Å². The fraction of sp³-hybridized carbons (Fsp3) is 0.375. The highest BCUT2D eigenvalue weighted by Crippen LogP contribution is 2.32. The third kappa shape index (κ3) is 8.03. The molecule has 226 valence electrons. The molecule has 0 radical (unpaired) electrons. The minimum absolute atomic E-state index is 0.0660. The van der Waals surface area contributed by atoms with Crippen LogP contribution in [0.3, 0.4) is 0 Å². The molecule has 3 aromatic rings. The molecule has 0 aromatic heterocycles. The number of ether oxygens (including phenoxy) is 2. The molecule has 1 atom stereocenters. The van der Waals surface area contributed by atoms with E-state index in [1.165, 1.54) is 37.3 Å². The molecule has 3 aromatic carbocycles. The molecule has 0 saturated heterocycles. The average molecular weight is 596 g/mol. The Bertz CT molecular complexity index is 1460. The van der Waals surface area contributed by atoms with Crippen LogP contribution in [0.4, 0.5) is 5.69 Å². The summed E-state index contributed by atoms with van der Waals surface area (Å²) < 4.78 is 39.9. The molecular formula is C32H41N3O6S.